The third-order valence-corrected chi connectivity index (χ3v) is 5.41. The summed E-state index contributed by atoms with van der Waals surface area (Å²) in [5, 5.41) is 2.08. The summed E-state index contributed by atoms with van der Waals surface area (Å²) in [6.45, 7) is 11.0. The number of para-hydroxylation sites is 1. The van der Waals surface area contributed by atoms with Crippen LogP contribution in [0.25, 0.3) is 10.6 Å². The molecule has 3 heteroatoms. The molecule has 0 saturated heterocycles. The number of aliphatic imine (C=N–C) groups is 1. The molecule has 0 aliphatic carbocycles. The molecule has 0 atom stereocenters. The van der Waals surface area contributed by atoms with Gasteiger partial charge < -0.3 is 0 Å². The Bertz CT molecular complexity index is 879. The van der Waals surface area contributed by atoms with Gasteiger partial charge in [0.25, 0.3) is 0 Å². The van der Waals surface area contributed by atoms with Crippen molar-refractivity contribution >= 4 is 22.7 Å². The van der Waals surface area contributed by atoms with Crippen LogP contribution in [0.4, 0.5) is 5.69 Å². The van der Waals surface area contributed by atoms with E-state index in [-0.39, 0.29) is 0 Å². The lowest BCUT2D eigenvalue weighted by Crippen LogP contribution is -2.01. The zero-order valence-corrected chi connectivity index (χ0v) is 17.0. The van der Waals surface area contributed by atoms with Crippen LogP contribution in [-0.4, -0.2) is 10.7 Å². The molecule has 0 bridgehead atoms. The predicted molar refractivity (Wildman–Crippen MR) is 114 cm³/mol. The highest BCUT2D eigenvalue weighted by molar-refractivity contribution is 7.13. The summed E-state index contributed by atoms with van der Waals surface area (Å²) < 4.78 is 0. The van der Waals surface area contributed by atoms with Crippen molar-refractivity contribution in [1.82, 2.24) is 4.98 Å². The molecule has 3 aromatic rings. The van der Waals surface area contributed by atoms with Crippen LogP contribution in [0.15, 0.2) is 58.9 Å². The second-order valence-electron chi connectivity index (χ2n) is 7.18. The van der Waals surface area contributed by atoms with E-state index < -0.39 is 0 Å². The normalized spacial score (nSPS) is 12.2. The number of benzene rings is 1. The molecule has 0 saturated carbocycles. The minimum atomic E-state index is 0.436. The molecule has 2 nitrogen and oxygen atoms in total. The Morgan fingerprint density at radius 3 is 2.12 bits per heavy atom. The molecule has 3 rings (SSSR count). The van der Waals surface area contributed by atoms with Crippen LogP contribution >= 0.6 is 11.3 Å². The van der Waals surface area contributed by atoms with Crippen LogP contribution < -0.4 is 0 Å². The molecule has 0 amide bonds. The van der Waals surface area contributed by atoms with E-state index in [1.165, 1.54) is 16.0 Å². The number of rotatable bonds is 5. The van der Waals surface area contributed by atoms with Gasteiger partial charge in [0.05, 0.1) is 27.7 Å². The molecule has 26 heavy (non-hydrogen) atoms. The Hall–Kier alpha value is -2.26. The van der Waals surface area contributed by atoms with Gasteiger partial charge in [-0.3, -0.25) is 4.99 Å². The van der Waals surface area contributed by atoms with Gasteiger partial charge in [-0.25, -0.2) is 4.98 Å². The van der Waals surface area contributed by atoms with Crippen molar-refractivity contribution < 1.29 is 0 Å². The van der Waals surface area contributed by atoms with Crippen LogP contribution in [0.3, 0.4) is 0 Å². The summed E-state index contributed by atoms with van der Waals surface area (Å²) in [6, 6.07) is 16.9. The number of pyridine rings is 1. The standard InChI is InChI=1S/C23H26N2S/c1-15(2)18-9-6-10-19(16(3)4)23(18)24-17(5)20-11-7-12-21(25-20)22-13-8-14-26-22/h6-16H,1-5H3. The molecule has 134 valence electrons. The topological polar surface area (TPSA) is 25.2 Å². The predicted octanol–water partition coefficient (Wildman–Crippen LogP) is 7.20. The van der Waals surface area contributed by atoms with Crippen LogP contribution in [0, 0.1) is 0 Å². The Kier molecular flexibility index (Phi) is 5.67. The second kappa shape index (κ2) is 7.96. The van der Waals surface area contributed by atoms with Crippen molar-refractivity contribution in [2.24, 2.45) is 4.99 Å². The summed E-state index contributed by atoms with van der Waals surface area (Å²) >= 11 is 1.71. The highest BCUT2D eigenvalue weighted by Gasteiger charge is 2.14. The fourth-order valence-electron chi connectivity index (χ4n) is 3.06. The number of aromatic nitrogens is 1. The first-order chi connectivity index (χ1) is 12.5. The highest BCUT2D eigenvalue weighted by atomic mass is 32.1. The van der Waals surface area contributed by atoms with Gasteiger partial charge in [0.2, 0.25) is 0 Å². The van der Waals surface area contributed by atoms with E-state index in [2.05, 4.69) is 82.5 Å². The van der Waals surface area contributed by atoms with Crippen molar-refractivity contribution in [2.45, 2.75) is 46.5 Å². The summed E-state index contributed by atoms with van der Waals surface area (Å²) in [5.41, 5.74) is 6.60. The molecule has 2 aromatic heterocycles. The van der Waals surface area contributed by atoms with E-state index in [1.807, 2.05) is 6.07 Å². The summed E-state index contributed by atoms with van der Waals surface area (Å²) in [7, 11) is 0. The summed E-state index contributed by atoms with van der Waals surface area (Å²) in [5.74, 6) is 0.872. The molecular formula is C23H26N2S. The third-order valence-electron chi connectivity index (χ3n) is 4.52. The van der Waals surface area contributed by atoms with Crippen LogP contribution in [0.2, 0.25) is 0 Å². The van der Waals surface area contributed by atoms with Gasteiger partial charge in [0, 0.05) is 0 Å². The Morgan fingerprint density at radius 1 is 0.885 bits per heavy atom. The van der Waals surface area contributed by atoms with Gasteiger partial charge in [-0.15, -0.1) is 11.3 Å². The second-order valence-corrected chi connectivity index (χ2v) is 8.12. The fraction of sp³-hybridized carbons (Fsp3) is 0.304. The van der Waals surface area contributed by atoms with Crippen molar-refractivity contribution in [3.8, 4) is 10.6 Å². The van der Waals surface area contributed by atoms with E-state index in [0.717, 1.165) is 22.8 Å². The van der Waals surface area contributed by atoms with E-state index in [1.54, 1.807) is 11.3 Å². The number of nitrogens with zero attached hydrogens (tertiary/aromatic N) is 2. The molecule has 0 aliphatic rings. The fourth-order valence-corrected chi connectivity index (χ4v) is 3.76. The van der Waals surface area contributed by atoms with E-state index >= 15 is 0 Å². The first-order valence-electron chi connectivity index (χ1n) is 9.16. The van der Waals surface area contributed by atoms with Gasteiger partial charge in [-0.1, -0.05) is 58.0 Å². The summed E-state index contributed by atoms with van der Waals surface area (Å²) in [4.78, 5) is 11.1. The molecule has 0 aliphatic heterocycles. The zero-order valence-electron chi connectivity index (χ0n) is 16.2. The number of hydrogen-bond acceptors (Lipinski definition) is 3. The first kappa shape index (κ1) is 18.5. The van der Waals surface area contributed by atoms with Gasteiger partial charge in [0.1, 0.15) is 0 Å². The monoisotopic (exact) mass is 362 g/mol. The van der Waals surface area contributed by atoms with Crippen LogP contribution in [-0.2, 0) is 0 Å². The SMILES string of the molecule is CC(=Nc1c(C(C)C)cccc1C(C)C)c1cccc(-c2cccs2)n1. The Morgan fingerprint density at radius 2 is 1.54 bits per heavy atom. The van der Waals surface area contributed by atoms with Gasteiger partial charge in [-0.05, 0) is 53.5 Å². The smallest absolute Gasteiger partial charge is 0.0849 e. The minimum Gasteiger partial charge on any atom is -0.251 e. The van der Waals surface area contributed by atoms with E-state index in [9.17, 15) is 0 Å². The van der Waals surface area contributed by atoms with Crippen molar-refractivity contribution in [2.75, 3.05) is 0 Å². The lowest BCUT2D eigenvalue weighted by Gasteiger charge is -2.17. The molecular weight excluding hydrogens is 336 g/mol. The van der Waals surface area contributed by atoms with Crippen LogP contribution in [0.1, 0.15) is 63.3 Å². The molecule has 1 aromatic carbocycles. The largest absolute Gasteiger partial charge is 0.251 e. The molecule has 0 spiro atoms. The van der Waals surface area contributed by atoms with Crippen molar-refractivity contribution in [3.05, 3.63) is 70.7 Å². The molecule has 0 N–H and O–H groups in total. The van der Waals surface area contributed by atoms with E-state index in [4.69, 9.17) is 9.98 Å². The highest BCUT2D eigenvalue weighted by Crippen LogP contribution is 2.35. The molecule has 2 heterocycles. The van der Waals surface area contributed by atoms with Crippen LogP contribution in [0.5, 0.6) is 0 Å². The average Bonchev–Trinajstić information content (AvgIpc) is 3.16. The molecule has 0 unspecified atom stereocenters. The molecule has 0 radical (unpaired) electrons. The van der Waals surface area contributed by atoms with Gasteiger partial charge >= 0.3 is 0 Å². The maximum Gasteiger partial charge on any atom is 0.0849 e. The first-order valence-corrected chi connectivity index (χ1v) is 10.0. The Labute approximate surface area is 160 Å². The maximum absolute atomic E-state index is 5.05. The summed E-state index contributed by atoms with van der Waals surface area (Å²) in [6.07, 6.45) is 0. The lowest BCUT2D eigenvalue weighted by molar-refractivity contribution is 0.834. The number of hydrogen-bond donors (Lipinski definition) is 0. The zero-order chi connectivity index (χ0) is 18.7. The van der Waals surface area contributed by atoms with E-state index in [0.29, 0.717) is 11.8 Å². The van der Waals surface area contributed by atoms with Crippen molar-refractivity contribution in [3.63, 3.8) is 0 Å². The Balaban J connectivity index is 2.07. The van der Waals surface area contributed by atoms with Crippen molar-refractivity contribution in [1.29, 1.82) is 0 Å². The van der Waals surface area contributed by atoms with Gasteiger partial charge in [0.15, 0.2) is 0 Å². The maximum atomic E-state index is 5.05. The quantitative estimate of drug-likeness (QED) is 0.441. The third kappa shape index (κ3) is 3.94. The molecule has 0 fully saturated rings. The lowest BCUT2D eigenvalue weighted by atomic mass is 9.93. The minimum absolute atomic E-state index is 0.436. The van der Waals surface area contributed by atoms with Gasteiger partial charge in [-0.2, -0.15) is 0 Å². The number of thiophene rings is 1. The average molecular weight is 363 g/mol.